The lowest BCUT2D eigenvalue weighted by Crippen LogP contribution is -2.29. The number of hydrogen-bond donors (Lipinski definition) is 1. The summed E-state index contributed by atoms with van der Waals surface area (Å²) in [5.74, 6) is 0.0949. The summed E-state index contributed by atoms with van der Waals surface area (Å²) in [6.45, 7) is 2.09. The molecule has 3 nitrogen and oxygen atoms in total. The molecule has 0 spiro atoms. The Balaban J connectivity index is 2.19. The highest BCUT2D eigenvalue weighted by molar-refractivity contribution is 5.76. The van der Waals surface area contributed by atoms with Gasteiger partial charge in [0.15, 0.2) is 0 Å². The van der Waals surface area contributed by atoms with Crippen LogP contribution in [0, 0.1) is 0 Å². The third kappa shape index (κ3) is 3.92. The molecule has 1 N–H and O–H groups in total. The molecule has 1 aromatic heterocycles. The van der Waals surface area contributed by atoms with Gasteiger partial charge in [0.05, 0.1) is 6.04 Å². The van der Waals surface area contributed by atoms with Crippen molar-refractivity contribution in [2.24, 2.45) is 0 Å². The van der Waals surface area contributed by atoms with E-state index in [1.54, 1.807) is 12.4 Å². The Bertz CT molecular complexity index is 486. The normalized spacial score (nSPS) is 11.8. The summed E-state index contributed by atoms with van der Waals surface area (Å²) < 4.78 is 0. The van der Waals surface area contributed by atoms with Crippen molar-refractivity contribution in [3.63, 3.8) is 0 Å². The van der Waals surface area contributed by atoms with Crippen LogP contribution in [0.3, 0.4) is 0 Å². The van der Waals surface area contributed by atoms with Crippen molar-refractivity contribution in [3.8, 4) is 0 Å². The fourth-order valence-corrected chi connectivity index (χ4v) is 2.13. The predicted molar refractivity (Wildman–Crippen MR) is 80.2 cm³/mol. The summed E-state index contributed by atoms with van der Waals surface area (Å²) >= 11 is 0. The van der Waals surface area contributed by atoms with E-state index in [0.717, 1.165) is 24.0 Å². The van der Waals surface area contributed by atoms with Crippen LogP contribution in [0.15, 0.2) is 54.9 Å². The Hall–Kier alpha value is -2.16. The average Bonchev–Trinajstić information content (AvgIpc) is 2.52. The number of pyridine rings is 1. The van der Waals surface area contributed by atoms with Crippen LogP contribution >= 0.6 is 0 Å². The minimum atomic E-state index is -0.108. The summed E-state index contributed by atoms with van der Waals surface area (Å²) in [5, 5.41) is 3.12. The number of carbonyl (C=O) groups excluding carboxylic acids is 1. The molecule has 20 heavy (non-hydrogen) atoms. The van der Waals surface area contributed by atoms with Crippen LogP contribution in [0.25, 0.3) is 0 Å². The Morgan fingerprint density at radius 2 is 1.75 bits per heavy atom. The van der Waals surface area contributed by atoms with Gasteiger partial charge in [0.1, 0.15) is 0 Å². The van der Waals surface area contributed by atoms with E-state index in [-0.39, 0.29) is 11.9 Å². The molecule has 1 unspecified atom stereocenters. The molecule has 1 aromatic carbocycles. The van der Waals surface area contributed by atoms with Crippen LogP contribution in [0.5, 0.6) is 0 Å². The number of nitrogens with one attached hydrogen (secondary N) is 1. The highest BCUT2D eigenvalue weighted by Gasteiger charge is 2.16. The van der Waals surface area contributed by atoms with Crippen molar-refractivity contribution in [1.29, 1.82) is 0 Å². The quantitative estimate of drug-likeness (QED) is 0.871. The van der Waals surface area contributed by atoms with Gasteiger partial charge in [0, 0.05) is 18.8 Å². The molecule has 0 radical (unpaired) electrons. The van der Waals surface area contributed by atoms with E-state index >= 15 is 0 Å². The molecule has 0 fully saturated rings. The average molecular weight is 268 g/mol. The van der Waals surface area contributed by atoms with Crippen molar-refractivity contribution in [1.82, 2.24) is 10.3 Å². The first kappa shape index (κ1) is 14.3. The van der Waals surface area contributed by atoms with Crippen LogP contribution in [-0.2, 0) is 4.79 Å². The number of benzene rings is 1. The highest BCUT2D eigenvalue weighted by atomic mass is 16.1. The summed E-state index contributed by atoms with van der Waals surface area (Å²) in [6.07, 6.45) is 6.03. The zero-order chi connectivity index (χ0) is 14.2. The predicted octanol–water partition coefficient (Wildman–Crippen LogP) is 3.48. The van der Waals surface area contributed by atoms with Gasteiger partial charge in [-0.3, -0.25) is 9.78 Å². The molecule has 0 aliphatic heterocycles. The first-order chi connectivity index (χ1) is 9.81. The van der Waals surface area contributed by atoms with Crippen molar-refractivity contribution >= 4 is 5.91 Å². The summed E-state index contributed by atoms with van der Waals surface area (Å²) in [5.41, 5.74) is 2.14. The van der Waals surface area contributed by atoms with E-state index in [9.17, 15) is 4.79 Å². The minimum Gasteiger partial charge on any atom is -0.345 e. The lowest BCUT2D eigenvalue weighted by molar-refractivity contribution is -0.121. The summed E-state index contributed by atoms with van der Waals surface area (Å²) in [4.78, 5) is 16.1. The molecule has 1 heterocycles. The lowest BCUT2D eigenvalue weighted by atomic mass is 9.99. The number of carbonyl (C=O) groups is 1. The Labute approximate surface area is 120 Å². The topological polar surface area (TPSA) is 42.0 Å². The van der Waals surface area contributed by atoms with Crippen molar-refractivity contribution in [2.45, 2.75) is 32.2 Å². The number of rotatable bonds is 6. The number of nitrogens with zero attached hydrogens (tertiary/aromatic N) is 1. The van der Waals surface area contributed by atoms with Crippen molar-refractivity contribution < 1.29 is 4.79 Å². The van der Waals surface area contributed by atoms with E-state index in [1.807, 2.05) is 42.5 Å². The Morgan fingerprint density at radius 3 is 2.40 bits per heavy atom. The number of amides is 1. The molecule has 2 rings (SSSR count). The maximum Gasteiger partial charge on any atom is 0.220 e. The van der Waals surface area contributed by atoms with Crippen molar-refractivity contribution in [3.05, 3.63) is 66.0 Å². The molecule has 3 heteroatoms. The van der Waals surface area contributed by atoms with Crippen molar-refractivity contribution in [2.75, 3.05) is 0 Å². The molecule has 104 valence electrons. The summed E-state index contributed by atoms with van der Waals surface area (Å²) in [7, 11) is 0. The highest BCUT2D eigenvalue weighted by Crippen LogP contribution is 2.21. The second-order valence-corrected chi connectivity index (χ2v) is 4.80. The van der Waals surface area contributed by atoms with E-state index in [2.05, 4.69) is 17.2 Å². The molecule has 0 saturated heterocycles. The fraction of sp³-hybridized carbons (Fsp3) is 0.294. The molecule has 0 bridgehead atoms. The molecule has 0 saturated carbocycles. The largest absolute Gasteiger partial charge is 0.345 e. The third-order valence-corrected chi connectivity index (χ3v) is 3.24. The van der Waals surface area contributed by atoms with Gasteiger partial charge in [0.25, 0.3) is 0 Å². The first-order valence-electron chi connectivity index (χ1n) is 7.05. The number of aromatic nitrogens is 1. The molecule has 1 amide bonds. The lowest BCUT2D eigenvalue weighted by Gasteiger charge is -2.19. The second-order valence-electron chi connectivity index (χ2n) is 4.80. The van der Waals surface area contributed by atoms with Crippen LogP contribution in [0.2, 0.25) is 0 Å². The van der Waals surface area contributed by atoms with Gasteiger partial charge in [0.2, 0.25) is 5.91 Å². The number of hydrogen-bond acceptors (Lipinski definition) is 2. The summed E-state index contributed by atoms with van der Waals surface area (Å²) in [6, 6.07) is 13.8. The number of unbranched alkanes of at least 4 members (excludes halogenated alkanes) is 1. The van der Waals surface area contributed by atoms with E-state index in [0.29, 0.717) is 6.42 Å². The molecule has 0 aliphatic carbocycles. The minimum absolute atomic E-state index is 0.0949. The molecule has 2 aromatic rings. The molecular formula is C17H20N2O. The zero-order valence-corrected chi connectivity index (χ0v) is 11.8. The fourth-order valence-electron chi connectivity index (χ4n) is 2.13. The molecular weight excluding hydrogens is 248 g/mol. The van der Waals surface area contributed by atoms with Gasteiger partial charge in [-0.25, -0.2) is 0 Å². The van der Waals surface area contributed by atoms with Crippen LogP contribution in [0.1, 0.15) is 43.4 Å². The second kappa shape index (κ2) is 7.43. The SMILES string of the molecule is CCCCC(=O)NC(c1ccccc1)c1ccncc1. The van der Waals surface area contributed by atoms with Gasteiger partial charge in [-0.1, -0.05) is 43.7 Å². The van der Waals surface area contributed by atoms with Crippen LogP contribution in [0.4, 0.5) is 0 Å². The van der Waals surface area contributed by atoms with E-state index in [4.69, 9.17) is 0 Å². The van der Waals surface area contributed by atoms with Gasteiger partial charge < -0.3 is 5.32 Å². The van der Waals surface area contributed by atoms with Gasteiger partial charge in [-0.05, 0) is 29.7 Å². The Morgan fingerprint density at radius 1 is 1.10 bits per heavy atom. The van der Waals surface area contributed by atoms with E-state index < -0.39 is 0 Å². The maximum absolute atomic E-state index is 12.0. The third-order valence-electron chi connectivity index (χ3n) is 3.24. The standard InChI is InChI=1S/C17H20N2O/c1-2-3-9-16(20)19-17(14-7-5-4-6-8-14)15-10-12-18-13-11-15/h4-8,10-13,17H,2-3,9H2,1H3,(H,19,20). The first-order valence-corrected chi connectivity index (χ1v) is 7.05. The smallest absolute Gasteiger partial charge is 0.220 e. The van der Waals surface area contributed by atoms with Crippen LogP contribution < -0.4 is 5.32 Å². The zero-order valence-electron chi connectivity index (χ0n) is 11.8. The monoisotopic (exact) mass is 268 g/mol. The van der Waals surface area contributed by atoms with Gasteiger partial charge in [-0.2, -0.15) is 0 Å². The molecule has 0 aliphatic rings. The van der Waals surface area contributed by atoms with Crippen LogP contribution in [-0.4, -0.2) is 10.9 Å². The molecule has 1 atom stereocenters. The van der Waals surface area contributed by atoms with E-state index in [1.165, 1.54) is 0 Å². The maximum atomic E-state index is 12.0. The Kier molecular flexibility index (Phi) is 5.30. The van der Waals surface area contributed by atoms with Gasteiger partial charge in [-0.15, -0.1) is 0 Å². The van der Waals surface area contributed by atoms with Gasteiger partial charge >= 0.3 is 0 Å².